The van der Waals surface area contributed by atoms with Crippen LogP contribution in [0.3, 0.4) is 0 Å². The van der Waals surface area contributed by atoms with Crippen molar-refractivity contribution in [1.29, 1.82) is 0 Å². The van der Waals surface area contributed by atoms with Gasteiger partial charge in [0, 0.05) is 30.6 Å². The molecule has 0 spiro atoms. The van der Waals surface area contributed by atoms with Gasteiger partial charge in [0.2, 0.25) is 10.0 Å². The van der Waals surface area contributed by atoms with Crippen molar-refractivity contribution in [2.75, 3.05) is 24.5 Å². The van der Waals surface area contributed by atoms with Gasteiger partial charge in [-0.05, 0) is 49.3 Å². The molecule has 2 aromatic rings. The molecule has 2 aliphatic rings. The summed E-state index contributed by atoms with van der Waals surface area (Å²) in [7, 11) is -3.68. The van der Waals surface area contributed by atoms with Crippen molar-refractivity contribution >= 4 is 32.7 Å². The highest BCUT2D eigenvalue weighted by molar-refractivity contribution is 7.89. The lowest BCUT2D eigenvalue weighted by Gasteiger charge is -2.26. The maximum Gasteiger partial charge on any atom is 0.293 e. The van der Waals surface area contributed by atoms with Crippen molar-refractivity contribution in [1.82, 2.24) is 4.31 Å². The van der Waals surface area contributed by atoms with Crippen LogP contribution < -0.4 is 4.90 Å². The van der Waals surface area contributed by atoms with E-state index in [0.29, 0.717) is 18.8 Å². The summed E-state index contributed by atoms with van der Waals surface area (Å²) in [5.41, 5.74) is 0.356. The van der Waals surface area contributed by atoms with E-state index in [9.17, 15) is 18.5 Å². The number of hydrogen-bond acceptors (Lipinski definition) is 6. The molecule has 1 aromatic carbocycles. The highest BCUT2D eigenvalue weighted by Crippen LogP contribution is 2.42. The zero-order valence-corrected chi connectivity index (χ0v) is 16.4. The lowest BCUT2D eigenvalue weighted by Crippen LogP contribution is -2.28. The molecule has 1 atom stereocenters. The van der Waals surface area contributed by atoms with Crippen molar-refractivity contribution < 1.29 is 13.3 Å². The van der Waals surface area contributed by atoms with Gasteiger partial charge in [0.05, 0.1) is 15.9 Å². The minimum Gasteiger partial charge on any atom is -0.358 e. The van der Waals surface area contributed by atoms with E-state index < -0.39 is 14.9 Å². The molecule has 1 aromatic heterocycles. The molecule has 144 valence electrons. The van der Waals surface area contributed by atoms with E-state index in [1.165, 1.54) is 21.3 Å². The first-order chi connectivity index (χ1) is 13.0. The standard InChI is InChI=1S/C18H21N3O4S2/c22-21(23)17-13-14(27(24,25)19-9-1-2-10-19)7-8-15(17)20-11-3-5-16(20)18-6-4-12-26-18/h4,6-8,12-13,16H,1-3,5,9-11H2/t16-/m0/s1. The first-order valence-electron chi connectivity index (χ1n) is 9.07. The van der Waals surface area contributed by atoms with Gasteiger partial charge in [-0.25, -0.2) is 8.42 Å². The molecule has 9 heteroatoms. The summed E-state index contributed by atoms with van der Waals surface area (Å²) >= 11 is 1.64. The number of rotatable bonds is 5. The van der Waals surface area contributed by atoms with Gasteiger partial charge in [-0.2, -0.15) is 4.31 Å². The summed E-state index contributed by atoms with van der Waals surface area (Å²) in [5.74, 6) is 0. The maximum absolute atomic E-state index is 12.8. The quantitative estimate of drug-likeness (QED) is 0.556. The molecule has 0 radical (unpaired) electrons. The Bertz CT molecular complexity index is 938. The van der Waals surface area contributed by atoms with Crippen LogP contribution in [0.2, 0.25) is 0 Å². The number of sulfonamides is 1. The van der Waals surface area contributed by atoms with Gasteiger partial charge >= 0.3 is 0 Å². The average Bonchev–Trinajstić information content (AvgIpc) is 3.42. The maximum atomic E-state index is 12.8. The third-order valence-electron chi connectivity index (χ3n) is 5.28. The van der Waals surface area contributed by atoms with Gasteiger partial charge in [0.25, 0.3) is 5.69 Å². The lowest BCUT2D eigenvalue weighted by atomic mass is 10.1. The molecule has 2 fully saturated rings. The molecular weight excluding hydrogens is 386 g/mol. The Morgan fingerprint density at radius 1 is 1.11 bits per heavy atom. The zero-order valence-electron chi connectivity index (χ0n) is 14.8. The highest BCUT2D eigenvalue weighted by Gasteiger charge is 2.34. The number of benzene rings is 1. The van der Waals surface area contributed by atoms with Crippen molar-refractivity contribution in [3.8, 4) is 0 Å². The number of nitro benzene ring substituents is 1. The lowest BCUT2D eigenvalue weighted by molar-refractivity contribution is -0.384. The molecule has 0 bridgehead atoms. The molecule has 0 unspecified atom stereocenters. The van der Waals surface area contributed by atoms with Crippen LogP contribution in [0, 0.1) is 10.1 Å². The van der Waals surface area contributed by atoms with Crippen LogP contribution in [0.15, 0.2) is 40.6 Å². The van der Waals surface area contributed by atoms with Gasteiger partial charge in [0.15, 0.2) is 0 Å². The summed E-state index contributed by atoms with van der Waals surface area (Å²) in [6, 6.07) is 8.48. The second kappa shape index (κ2) is 7.21. The molecule has 2 aliphatic heterocycles. The average molecular weight is 408 g/mol. The van der Waals surface area contributed by atoms with E-state index in [0.717, 1.165) is 32.2 Å². The Balaban J connectivity index is 1.73. The van der Waals surface area contributed by atoms with Gasteiger partial charge in [-0.15, -0.1) is 11.3 Å². The summed E-state index contributed by atoms with van der Waals surface area (Å²) in [4.78, 5) is 14.5. The Labute approximate surface area is 162 Å². The normalized spacial score (nSPS) is 21.0. The summed E-state index contributed by atoms with van der Waals surface area (Å²) < 4.78 is 27.0. The molecular formula is C18H21N3O4S2. The van der Waals surface area contributed by atoms with E-state index in [1.54, 1.807) is 17.4 Å². The van der Waals surface area contributed by atoms with E-state index in [4.69, 9.17) is 0 Å². The fourth-order valence-electron chi connectivity index (χ4n) is 3.96. The molecule has 0 N–H and O–H groups in total. The van der Waals surface area contributed by atoms with Crippen molar-refractivity contribution in [2.24, 2.45) is 0 Å². The third kappa shape index (κ3) is 3.35. The molecule has 3 heterocycles. The fraction of sp³-hybridized carbons (Fsp3) is 0.444. The molecule has 7 nitrogen and oxygen atoms in total. The van der Waals surface area contributed by atoms with Crippen LogP contribution in [0.1, 0.15) is 36.6 Å². The minimum atomic E-state index is -3.68. The molecule has 27 heavy (non-hydrogen) atoms. The monoisotopic (exact) mass is 407 g/mol. The van der Waals surface area contributed by atoms with Crippen molar-refractivity contribution in [3.63, 3.8) is 0 Å². The van der Waals surface area contributed by atoms with Gasteiger partial charge in [-0.1, -0.05) is 6.07 Å². The van der Waals surface area contributed by atoms with E-state index in [1.807, 2.05) is 22.4 Å². The Hall–Kier alpha value is -1.97. The molecule has 0 saturated carbocycles. The number of anilines is 1. The van der Waals surface area contributed by atoms with Crippen molar-refractivity contribution in [2.45, 2.75) is 36.6 Å². The van der Waals surface area contributed by atoms with Crippen LogP contribution in [0.5, 0.6) is 0 Å². The van der Waals surface area contributed by atoms with Crippen LogP contribution in [-0.2, 0) is 10.0 Å². The smallest absolute Gasteiger partial charge is 0.293 e. The SMILES string of the molecule is O=[N+]([O-])c1cc(S(=O)(=O)N2CCCC2)ccc1N1CCC[C@H]1c1cccs1. The molecule has 0 aliphatic carbocycles. The summed E-state index contributed by atoms with van der Waals surface area (Å²) in [6.07, 6.45) is 3.55. The van der Waals surface area contributed by atoms with Gasteiger partial charge < -0.3 is 4.90 Å². The number of hydrogen-bond donors (Lipinski definition) is 0. The van der Waals surface area contributed by atoms with Gasteiger partial charge in [-0.3, -0.25) is 10.1 Å². The highest BCUT2D eigenvalue weighted by atomic mass is 32.2. The predicted molar refractivity (Wildman–Crippen MR) is 105 cm³/mol. The fourth-order valence-corrected chi connectivity index (χ4v) is 6.37. The van der Waals surface area contributed by atoms with E-state index in [2.05, 4.69) is 0 Å². The summed E-state index contributed by atoms with van der Waals surface area (Å²) in [5, 5.41) is 13.8. The first kappa shape index (κ1) is 18.4. The number of thiophene rings is 1. The second-order valence-electron chi connectivity index (χ2n) is 6.89. The Morgan fingerprint density at radius 2 is 1.89 bits per heavy atom. The topological polar surface area (TPSA) is 83.8 Å². The first-order valence-corrected chi connectivity index (χ1v) is 11.4. The third-order valence-corrected chi connectivity index (χ3v) is 8.15. The number of nitrogens with zero attached hydrogens (tertiary/aromatic N) is 3. The van der Waals surface area contributed by atoms with Crippen molar-refractivity contribution in [3.05, 3.63) is 50.7 Å². The molecule has 0 amide bonds. The minimum absolute atomic E-state index is 0.00622. The number of nitro groups is 1. The van der Waals surface area contributed by atoms with Crippen LogP contribution >= 0.6 is 11.3 Å². The Kier molecular flexibility index (Phi) is 4.92. The molecule has 4 rings (SSSR count). The van der Waals surface area contributed by atoms with E-state index >= 15 is 0 Å². The Morgan fingerprint density at radius 3 is 2.56 bits per heavy atom. The largest absolute Gasteiger partial charge is 0.358 e. The molecule has 2 saturated heterocycles. The van der Waals surface area contributed by atoms with Crippen LogP contribution in [-0.4, -0.2) is 37.3 Å². The van der Waals surface area contributed by atoms with Gasteiger partial charge in [0.1, 0.15) is 5.69 Å². The summed E-state index contributed by atoms with van der Waals surface area (Å²) in [6.45, 7) is 1.68. The van der Waals surface area contributed by atoms with Crippen LogP contribution in [0.25, 0.3) is 0 Å². The van der Waals surface area contributed by atoms with E-state index in [-0.39, 0.29) is 16.6 Å². The second-order valence-corrected chi connectivity index (χ2v) is 9.80. The predicted octanol–water partition coefficient (Wildman–Crippen LogP) is 3.78. The van der Waals surface area contributed by atoms with Crippen LogP contribution in [0.4, 0.5) is 11.4 Å². The zero-order chi connectivity index (χ0) is 19.0.